The van der Waals surface area contributed by atoms with Crippen LogP contribution in [-0.2, 0) is 17.6 Å². The Labute approximate surface area is 189 Å². The first-order valence-corrected chi connectivity index (χ1v) is 10.8. The molecular formula is C23H25FN4O3S. The van der Waals surface area contributed by atoms with Gasteiger partial charge in [0, 0.05) is 24.5 Å². The van der Waals surface area contributed by atoms with Gasteiger partial charge in [0.25, 0.3) is 5.91 Å². The summed E-state index contributed by atoms with van der Waals surface area (Å²) in [5.41, 5.74) is 7.34. The van der Waals surface area contributed by atoms with Crippen molar-refractivity contribution in [1.82, 2.24) is 9.88 Å². The number of nitrogens with zero attached hydrogens (tertiary/aromatic N) is 2. The van der Waals surface area contributed by atoms with Gasteiger partial charge < -0.3 is 21.1 Å². The molecule has 9 heteroatoms. The largest absolute Gasteiger partial charge is 0.393 e. The van der Waals surface area contributed by atoms with Crippen LogP contribution in [0.25, 0.3) is 10.4 Å². The topological polar surface area (TPSA) is 109 Å². The van der Waals surface area contributed by atoms with Gasteiger partial charge in [0.1, 0.15) is 16.6 Å². The third-order valence-corrected chi connectivity index (χ3v) is 5.79. The molecule has 0 saturated carbocycles. The number of nitrogens with one attached hydrogen (secondary N) is 1. The average Bonchev–Trinajstić information content (AvgIpc) is 3.11. The molecule has 0 radical (unpaired) electrons. The molecule has 3 aromatic rings. The third-order valence-electron chi connectivity index (χ3n) is 4.71. The minimum atomic E-state index is -0.653. The quantitative estimate of drug-likeness (QED) is 0.482. The van der Waals surface area contributed by atoms with E-state index >= 15 is 0 Å². The second-order valence-electron chi connectivity index (χ2n) is 7.69. The van der Waals surface area contributed by atoms with Crippen molar-refractivity contribution < 1.29 is 19.1 Å². The van der Waals surface area contributed by atoms with E-state index in [4.69, 9.17) is 5.73 Å². The van der Waals surface area contributed by atoms with Gasteiger partial charge >= 0.3 is 0 Å². The number of halogens is 1. The van der Waals surface area contributed by atoms with Crippen LogP contribution in [0.2, 0.25) is 0 Å². The van der Waals surface area contributed by atoms with Crippen LogP contribution in [0.1, 0.15) is 28.5 Å². The maximum atomic E-state index is 14.7. The average molecular weight is 457 g/mol. The Hall–Kier alpha value is -3.30. The van der Waals surface area contributed by atoms with E-state index in [1.807, 2.05) is 0 Å². The smallest absolute Gasteiger partial charge is 0.251 e. The number of carbonyl (C=O) groups is 2. The summed E-state index contributed by atoms with van der Waals surface area (Å²) in [4.78, 5) is 30.4. The molecule has 0 spiro atoms. The van der Waals surface area contributed by atoms with E-state index in [2.05, 4.69) is 10.3 Å². The molecule has 0 aliphatic rings. The normalized spacial score (nSPS) is 11.8. The summed E-state index contributed by atoms with van der Waals surface area (Å²) in [5.74, 6) is -0.743. The Balaban J connectivity index is 1.89. The lowest BCUT2D eigenvalue weighted by atomic mass is 10.0. The lowest BCUT2D eigenvalue weighted by molar-refractivity contribution is -0.128. The van der Waals surface area contributed by atoms with Gasteiger partial charge in [-0.2, -0.15) is 0 Å². The van der Waals surface area contributed by atoms with E-state index in [9.17, 15) is 19.1 Å². The van der Waals surface area contributed by atoms with Gasteiger partial charge in [0.05, 0.1) is 23.8 Å². The van der Waals surface area contributed by atoms with Gasteiger partial charge in [-0.05, 0) is 43.2 Å². The van der Waals surface area contributed by atoms with E-state index in [0.717, 1.165) is 0 Å². The van der Waals surface area contributed by atoms with E-state index in [1.165, 1.54) is 22.3 Å². The zero-order valence-electron chi connectivity index (χ0n) is 18.1. The first kappa shape index (κ1) is 23.4. The second kappa shape index (κ2) is 9.88. The fraction of sp³-hybridized carbons (Fsp3) is 0.261. The second-order valence-corrected chi connectivity index (χ2v) is 8.74. The lowest BCUT2D eigenvalue weighted by Gasteiger charge is -2.11. The molecule has 4 N–H and O–H groups in total. The van der Waals surface area contributed by atoms with Crippen LogP contribution in [0.15, 0.2) is 42.5 Å². The molecule has 0 saturated heterocycles. The molecule has 0 aliphatic heterocycles. The Kier molecular flexibility index (Phi) is 7.22. The number of benzene rings is 1. The number of primary amides is 1. The molecule has 2 amide bonds. The van der Waals surface area contributed by atoms with Crippen molar-refractivity contribution in [1.29, 1.82) is 0 Å². The summed E-state index contributed by atoms with van der Waals surface area (Å²) in [6, 6.07) is 11.5. The van der Waals surface area contributed by atoms with Gasteiger partial charge in [-0.1, -0.05) is 18.2 Å². The minimum absolute atomic E-state index is 0.0830. The number of nitrogens with two attached hydrogens (primary N) is 1. The summed E-state index contributed by atoms with van der Waals surface area (Å²) < 4.78 is 14.7. The molecule has 7 nitrogen and oxygen atoms in total. The highest BCUT2D eigenvalue weighted by Crippen LogP contribution is 2.38. The molecule has 32 heavy (non-hydrogen) atoms. The van der Waals surface area contributed by atoms with E-state index < -0.39 is 17.8 Å². The predicted octanol–water partition coefficient (Wildman–Crippen LogP) is 3.35. The zero-order valence-corrected chi connectivity index (χ0v) is 18.9. The lowest BCUT2D eigenvalue weighted by Crippen LogP contribution is -2.23. The SMILES string of the molecule is CC(O)Cc1ccc(-c2cc(C(N)=O)c(Nc3cccc(CC(=O)N(C)C)n3)s2)c(F)c1. The highest BCUT2D eigenvalue weighted by molar-refractivity contribution is 7.19. The molecule has 3 rings (SSSR count). The molecule has 0 bridgehead atoms. The fourth-order valence-corrected chi connectivity index (χ4v) is 4.20. The van der Waals surface area contributed by atoms with Crippen molar-refractivity contribution in [2.75, 3.05) is 19.4 Å². The van der Waals surface area contributed by atoms with Crippen LogP contribution in [0, 0.1) is 5.82 Å². The first-order valence-electron chi connectivity index (χ1n) is 9.97. The molecule has 2 aromatic heterocycles. The summed E-state index contributed by atoms with van der Waals surface area (Å²) in [6.45, 7) is 1.64. The van der Waals surface area contributed by atoms with Gasteiger partial charge in [-0.25, -0.2) is 9.37 Å². The van der Waals surface area contributed by atoms with Crippen LogP contribution in [0.4, 0.5) is 15.2 Å². The van der Waals surface area contributed by atoms with Crippen LogP contribution in [0.5, 0.6) is 0 Å². The summed E-state index contributed by atoms with van der Waals surface area (Å²) in [7, 11) is 3.35. The molecule has 0 fully saturated rings. The number of rotatable bonds is 8. The van der Waals surface area contributed by atoms with Crippen molar-refractivity contribution in [3.05, 3.63) is 65.1 Å². The Bertz CT molecular complexity index is 1140. The van der Waals surface area contributed by atoms with Crippen molar-refractivity contribution in [3.8, 4) is 10.4 Å². The third kappa shape index (κ3) is 5.68. The molecule has 2 heterocycles. The summed E-state index contributed by atoms with van der Waals surface area (Å²) in [6.07, 6.45) is -0.0833. The van der Waals surface area contributed by atoms with Crippen LogP contribution in [-0.4, -0.2) is 47.0 Å². The van der Waals surface area contributed by atoms with Gasteiger partial charge in [-0.15, -0.1) is 11.3 Å². The number of hydrogen-bond donors (Lipinski definition) is 3. The van der Waals surface area contributed by atoms with E-state index in [-0.39, 0.29) is 17.9 Å². The molecule has 168 valence electrons. The summed E-state index contributed by atoms with van der Waals surface area (Å²) >= 11 is 1.18. The molecule has 0 aliphatic carbocycles. The Morgan fingerprint density at radius 3 is 2.62 bits per heavy atom. The monoisotopic (exact) mass is 456 g/mol. The number of pyridine rings is 1. The van der Waals surface area contributed by atoms with Crippen molar-refractivity contribution in [2.45, 2.75) is 25.9 Å². The number of aliphatic hydroxyl groups excluding tert-OH is 1. The van der Waals surface area contributed by atoms with Gasteiger partial charge in [0.2, 0.25) is 5.91 Å². The number of anilines is 2. The van der Waals surface area contributed by atoms with Crippen LogP contribution in [0.3, 0.4) is 0 Å². The Morgan fingerprint density at radius 2 is 2.00 bits per heavy atom. The number of thiophene rings is 1. The van der Waals surface area contributed by atoms with E-state index in [1.54, 1.807) is 57.4 Å². The van der Waals surface area contributed by atoms with E-state index in [0.29, 0.717) is 38.9 Å². The van der Waals surface area contributed by atoms with Crippen molar-refractivity contribution in [2.24, 2.45) is 5.73 Å². The Morgan fingerprint density at radius 1 is 1.25 bits per heavy atom. The number of aromatic nitrogens is 1. The maximum Gasteiger partial charge on any atom is 0.251 e. The standard InChI is InChI=1S/C23H25FN4O3S/c1-13(29)9-14-7-8-16(18(24)10-14)19-12-17(22(25)31)23(32-19)27-20-6-4-5-15(26-20)11-21(30)28(2)3/h4-8,10,12-13,29H,9,11H2,1-3H3,(H2,25,31)(H,26,27). The van der Waals surface area contributed by atoms with Crippen molar-refractivity contribution in [3.63, 3.8) is 0 Å². The number of hydrogen-bond acceptors (Lipinski definition) is 6. The molecular weight excluding hydrogens is 431 g/mol. The maximum absolute atomic E-state index is 14.7. The number of amides is 2. The zero-order chi connectivity index (χ0) is 23.4. The van der Waals surface area contributed by atoms with Gasteiger partial charge in [0.15, 0.2) is 0 Å². The molecule has 1 unspecified atom stereocenters. The molecule has 1 aromatic carbocycles. The number of aliphatic hydroxyl groups is 1. The highest BCUT2D eigenvalue weighted by atomic mass is 32.1. The van der Waals surface area contributed by atoms with Crippen LogP contribution < -0.4 is 11.1 Å². The first-order chi connectivity index (χ1) is 15.1. The van der Waals surface area contributed by atoms with Crippen molar-refractivity contribution >= 4 is 34.0 Å². The number of likely N-dealkylation sites (N-methyl/N-ethyl adjacent to an activating group) is 1. The minimum Gasteiger partial charge on any atom is -0.393 e. The van der Waals surface area contributed by atoms with Gasteiger partial charge in [-0.3, -0.25) is 9.59 Å². The highest BCUT2D eigenvalue weighted by Gasteiger charge is 2.18. The fourth-order valence-electron chi connectivity index (χ4n) is 3.10. The predicted molar refractivity (Wildman–Crippen MR) is 124 cm³/mol. The molecule has 1 atom stereocenters. The number of carbonyl (C=O) groups excluding carboxylic acids is 2. The summed E-state index contributed by atoms with van der Waals surface area (Å²) in [5, 5.41) is 13.0. The van der Waals surface area contributed by atoms with Crippen LogP contribution >= 0.6 is 11.3 Å².